The lowest BCUT2D eigenvalue weighted by atomic mass is 10.2. The second-order valence-corrected chi connectivity index (χ2v) is 2.69. The van der Waals surface area contributed by atoms with Crippen molar-refractivity contribution >= 4 is 5.69 Å². The van der Waals surface area contributed by atoms with Crippen molar-refractivity contribution < 1.29 is 4.74 Å². The fourth-order valence-corrected chi connectivity index (χ4v) is 0.867. The molecule has 64 valence electrons. The maximum Gasteiger partial charge on any atom is 0.115 e. The summed E-state index contributed by atoms with van der Waals surface area (Å²) in [6.45, 7) is 5.96. The van der Waals surface area contributed by atoms with Crippen LogP contribution in [0.4, 0.5) is 5.69 Å². The molecule has 1 aromatic carbocycles. The summed E-state index contributed by atoms with van der Waals surface area (Å²) in [5.41, 5.74) is 7.46. The largest absolute Gasteiger partial charge is 0.494 e. The molecule has 0 saturated carbocycles. The molecule has 0 radical (unpaired) electrons. The van der Waals surface area contributed by atoms with Crippen LogP contribution in [0.25, 0.3) is 0 Å². The Morgan fingerprint density at radius 1 is 1.50 bits per heavy atom. The molecule has 0 fully saturated rings. The van der Waals surface area contributed by atoms with E-state index in [9.17, 15) is 0 Å². The van der Waals surface area contributed by atoms with E-state index in [2.05, 4.69) is 6.58 Å². The fraction of sp³-hybridized carbons (Fsp3) is 0.200. The minimum absolute atomic E-state index is 0.502. The molecule has 2 N–H and O–H groups in total. The average molecular weight is 163 g/mol. The van der Waals surface area contributed by atoms with Crippen molar-refractivity contribution in [2.45, 2.75) is 13.5 Å². The Bertz CT molecular complexity index is 281. The summed E-state index contributed by atoms with van der Waals surface area (Å²) in [6.07, 6.45) is 0. The number of allylic oxidation sites excluding steroid dienone is 1. The van der Waals surface area contributed by atoms with E-state index in [1.807, 2.05) is 31.2 Å². The maximum atomic E-state index is 5.70. The molecule has 1 rings (SSSR count). The van der Waals surface area contributed by atoms with Crippen LogP contribution in [0.15, 0.2) is 36.6 Å². The quantitative estimate of drug-likeness (QED) is 0.548. The van der Waals surface area contributed by atoms with Gasteiger partial charge >= 0.3 is 0 Å². The normalized spacial score (nSPS) is 9.42. The van der Waals surface area contributed by atoms with E-state index in [4.69, 9.17) is 10.5 Å². The van der Waals surface area contributed by atoms with Gasteiger partial charge in [-0.15, -0.1) is 0 Å². The molecule has 0 unspecified atom stereocenters. The van der Waals surface area contributed by atoms with Gasteiger partial charge in [-0.05, 0) is 13.0 Å². The molecule has 0 atom stereocenters. The molecule has 0 bridgehead atoms. The van der Waals surface area contributed by atoms with Gasteiger partial charge in [0, 0.05) is 11.3 Å². The van der Waals surface area contributed by atoms with Gasteiger partial charge in [-0.1, -0.05) is 24.8 Å². The molecule has 0 aliphatic rings. The van der Waals surface area contributed by atoms with Gasteiger partial charge < -0.3 is 10.5 Å². The first-order valence-corrected chi connectivity index (χ1v) is 3.82. The molecular weight excluding hydrogens is 150 g/mol. The summed E-state index contributed by atoms with van der Waals surface area (Å²) in [5, 5.41) is 0. The van der Waals surface area contributed by atoms with Crippen molar-refractivity contribution in [2.75, 3.05) is 5.73 Å². The van der Waals surface area contributed by atoms with Crippen molar-refractivity contribution in [1.82, 2.24) is 0 Å². The molecule has 1 aromatic rings. The Labute approximate surface area is 72.7 Å². The first-order valence-electron chi connectivity index (χ1n) is 3.82. The Morgan fingerprint density at radius 2 is 2.17 bits per heavy atom. The number of anilines is 1. The van der Waals surface area contributed by atoms with Crippen LogP contribution >= 0.6 is 0 Å². The number of nitrogen functional groups attached to an aromatic ring is 1. The molecule has 0 saturated heterocycles. The summed E-state index contributed by atoms with van der Waals surface area (Å²) in [6, 6.07) is 7.64. The summed E-state index contributed by atoms with van der Waals surface area (Å²) >= 11 is 0. The van der Waals surface area contributed by atoms with Gasteiger partial charge in [0.1, 0.15) is 6.61 Å². The molecule has 0 amide bonds. The molecule has 0 aliphatic carbocycles. The van der Waals surface area contributed by atoms with E-state index in [1.54, 1.807) is 0 Å². The van der Waals surface area contributed by atoms with E-state index >= 15 is 0 Å². The third-order valence-corrected chi connectivity index (χ3v) is 1.53. The van der Waals surface area contributed by atoms with Gasteiger partial charge in [0.15, 0.2) is 0 Å². The lowest BCUT2D eigenvalue weighted by molar-refractivity contribution is 0.203. The van der Waals surface area contributed by atoms with Crippen molar-refractivity contribution in [3.8, 4) is 0 Å². The minimum atomic E-state index is 0.502. The lowest BCUT2D eigenvalue weighted by Crippen LogP contribution is -1.95. The highest BCUT2D eigenvalue weighted by molar-refractivity contribution is 5.45. The van der Waals surface area contributed by atoms with E-state index in [1.165, 1.54) is 0 Å². The zero-order chi connectivity index (χ0) is 8.97. The number of para-hydroxylation sites is 1. The van der Waals surface area contributed by atoms with Crippen molar-refractivity contribution in [3.63, 3.8) is 0 Å². The fourth-order valence-electron chi connectivity index (χ4n) is 0.867. The summed E-state index contributed by atoms with van der Waals surface area (Å²) in [5.74, 6) is 0.707. The minimum Gasteiger partial charge on any atom is -0.494 e. The second kappa shape index (κ2) is 3.81. The van der Waals surface area contributed by atoms with Crippen molar-refractivity contribution in [2.24, 2.45) is 0 Å². The lowest BCUT2D eigenvalue weighted by Gasteiger charge is -2.06. The molecule has 12 heavy (non-hydrogen) atoms. The Morgan fingerprint density at radius 3 is 2.75 bits per heavy atom. The van der Waals surface area contributed by atoms with Crippen LogP contribution in [0.3, 0.4) is 0 Å². The van der Waals surface area contributed by atoms with E-state index in [-0.39, 0.29) is 0 Å². The standard InChI is InChI=1S/C10H13NO/c1-8(2)12-7-9-5-3-4-6-10(9)11/h3-6H,1,7,11H2,2H3. The highest BCUT2D eigenvalue weighted by Gasteiger charge is 1.96. The number of hydrogen-bond donors (Lipinski definition) is 1. The van der Waals surface area contributed by atoms with Crippen LogP contribution in [0.5, 0.6) is 0 Å². The highest BCUT2D eigenvalue weighted by Crippen LogP contribution is 2.12. The molecule has 0 aliphatic heterocycles. The third-order valence-electron chi connectivity index (χ3n) is 1.53. The van der Waals surface area contributed by atoms with Crippen LogP contribution in [0.1, 0.15) is 12.5 Å². The average Bonchev–Trinajstić information content (AvgIpc) is 2.03. The first-order chi connectivity index (χ1) is 5.70. The summed E-state index contributed by atoms with van der Waals surface area (Å²) < 4.78 is 5.23. The van der Waals surface area contributed by atoms with Gasteiger partial charge in [0.25, 0.3) is 0 Å². The van der Waals surface area contributed by atoms with E-state index < -0.39 is 0 Å². The van der Waals surface area contributed by atoms with E-state index in [0.29, 0.717) is 12.4 Å². The predicted octanol–water partition coefficient (Wildman–Crippen LogP) is 2.32. The van der Waals surface area contributed by atoms with E-state index in [0.717, 1.165) is 11.3 Å². The van der Waals surface area contributed by atoms with Gasteiger partial charge in [-0.3, -0.25) is 0 Å². The maximum absolute atomic E-state index is 5.70. The molecule has 0 spiro atoms. The van der Waals surface area contributed by atoms with Gasteiger partial charge in [0.2, 0.25) is 0 Å². The van der Waals surface area contributed by atoms with Crippen LogP contribution < -0.4 is 5.73 Å². The van der Waals surface area contributed by atoms with Gasteiger partial charge in [-0.25, -0.2) is 0 Å². The third kappa shape index (κ3) is 2.31. The Kier molecular flexibility index (Phi) is 2.75. The summed E-state index contributed by atoms with van der Waals surface area (Å²) in [7, 11) is 0. The van der Waals surface area contributed by atoms with Crippen molar-refractivity contribution in [1.29, 1.82) is 0 Å². The predicted molar refractivity (Wildman–Crippen MR) is 50.5 cm³/mol. The molecular formula is C10H13NO. The zero-order valence-electron chi connectivity index (χ0n) is 7.21. The molecule has 2 nitrogen and oxygen atoms in total. The van der Waals surface area contributed by atoms with Crippen molar-refractivity contribution in [3.05, 3.63) is 42.2 Å². The van der Waals surface area contributed by atoms with Crippen LogP contribution in [0, 0.1) is 0 Å². The molecule has 0 heterocycles. The van der Waals surface area contributed by atoms with Crippen LogP contribution in [-0.2, 0) is 11.3 Å². The zero-order valence-corrected chi connectivity index (χ0v) is 7.21. The van der Waals surface area contributed by atoms with Gasteiger partial charge in [0.05, 0.1) is 5.76 Å². The number of benzene rings is 1. The highest BCUT2D eigenvalue weighted by atomic mass is 16.5. The SMILES string of the molecule is C=C(C)OCc1ccccc1N. The summed E-state index contributed by atoms with van der Waals surface area (Å²) in [4.78, 5) is 0. The molecule has 2 heteroatoms. The second-order valence-electron chi connectivity index (χ2n) is 2.69. The molecule has 0 aromatic heterocycles. The van der Waals surface area contributed by atoms with Crippen LogP contribution in [0.2, 0.25) is 0 Å². The van der Waals surface area contributed by atoms with Gasteiger partial charge in [-0.2, -0.15) is 0 Å². The smallest absolute Gasteiger partial charge is 0.115 e. The Balaban J connectivity index is 2.63. The number of rotatable bonds is 3. The Hall–Kier alpha value is -1.44. The number of nitrogens with two attached hydrogens (primary N) is 1. The van der Waals surface area contributed by atoms with Crippen LogP contribution in [-0.4, -0.2) is 0 Å². The number of ether oxygens (including phenoxy) is 1. The topological polar surface area (TPSA) is 35.2 Å². The first kappa shape index (κ1) is 8.65. The monoisotopic (exact) mass is 163 g/mol. The number of hydrogen-bond acceptors (Lipinski definition) is 2.